The van der Waals surface area contributed by atoms with E-state index in [1.807, 2.05) is 6.07 Å². The lowest BCUT2D eigenvalue weighted by Crippen LogP contribution is -2.22. The number of alkyl halides is 2. The standard InChI is InChI=1S/C22H28F2N4O2/c1-15-26-13-18(14-27-15)17(11-20(29)30)12-22(23,24)9-3-2-6-19-8-7-16-5-4-10-25-21(16)28-19/h7-8,13-14,17H,2-6,9-12H2,1H3,(H,25,28)(H,29,30). The first-order chi connectivity index (χ1) is 14.3. The van der Waals surface area contributed by atoms with Gasteiger partial charge < -0.3 is 10.4 Å². The fourth-order valence-electron chi connectivity index (χ4n) is 3.79. The van der Waals surface area contributed by atoms with E-state index < -0.39 is 24.2 Å². The van der Waals surface area contributed by atoms with Gasteiger partial charge >= 0.3 is 5.97 Å². The Hall–Kier alpha value is -2.64. The van der Waals surface area contributed by atoms with Crippen LogP contribution in [0.15, 0.2) is 24.5 Å². The zero-order valence-electron chi connectivity index (χ0n) is 17.2. The van der Waals surface area contributed by atoms with Gasteiger partial charge in [-0.15, -0.1) is 0 Å². The SMILES string of the molecule is Cc1ncc(C(CC(=O)O)CC(F)(F)CCCCc2ccc3c(n2)NCCC3)cn1. The number of aryl methyl sites for hydroxylation is 3. The number of nitrogens with one attached hydrogen (secondary N) is 1. The van der Waals surface area contributed by atoms with Crippen LogP contribution in [0.25, 0.3) is 0 Å². The van der Waals surface area contributed by atoms with Crippen molar-refractivity contribution < 1.29 is 18.7 Å². The topological polar surface area (TPSA) is 88.0 Å². The highest BCUT2D eigenvalue weighted by Crippen LogP contribution is 2.35. The molecule has 2 N–H and O–H groups in total. The fourth-order valence-corrected chi connectivity index (χ4v) is 3.79. The van der Waals surface area contributed by atoms with Crippen LogP contribution >= 0.6 is 0 Å². The van der Waals surface area contributed by atoms with E-state index in [-0.39, 0.29) is 12.8 Å². The molecule has 6 nitrogen and oxygen atoms in total. The molecule has 30 heavy (non-hydrogen) atoms. The van der Waals surface area contributed by atoms with Crippen molar-refractivity contribution in [3.8, 4) is 0 Å². The van der Waals surface area contributed by atoms with Gasteiger partial charge in [0.05, 0.1) is 6.42 Å². The quantitative estimate of drug-likeness (QED) is 0.551. The van der Waals surface area contributed by atoms with Gasteiger partial charge in [-0.05, 0) is 56.2 Å². The Kier molecular flexibility index (Phi) is 7.29. The molecule has 0 saturated carbocycles. The predicted molar refractivity (Wildman–Crippen MR) is 110 cm³/mol. The van der Waals surface area contributed by atoms with Crippen molar-refractivity contribution in [3.63, 3.8) is 0 Å². The van der Waals surface area contributed by atoms with Crippen LogP contribution in [-0.2, 0) is 17.6 Å². The van der Waals surface area contributed by atoms with E-state index in [0.29, 0.717) is 30.7 Å². The van der Waals surface area contributed by atoms with Gasteiger partial charge in [0.15, 0.2) is 0 Å². The van der Waals surface area contributed by atoms with Crippen LogP contribution in [0.3, 0.4) is 0 Å². The lowest BCUT2D eigenvalue weighted by molar-refractivity contribution is -0.138. The Morgan fingerprint density at radius 2 is 2.03 bits per heavy atom. The number of hydrogen-bond acceptors (Lipinski definition) is 5. The molecule has 0 fully saturated rings. The van der Waals surface area contributed by atoms with Gasteiger partial charge in [-0.3, -0.25) is 4.79 Å². The first kappa shape index (κ1) is 22.1. The lowest BCUT2D eigenvalue weighted by Gasteiger charge is -2.22. The van der Waals surface area contributed by atoms with Crippen LogP contribution in [0.4, 0.5) is 14.6 Å². The smallest absolute Gasteiger partial charge is 0.303 e. The molecular weight excluding hydrogens is 390 g/mol. The molecule has 0 aliphatic carbocycles. The van der Waals surface area contributed by atoms with Gasteiger partial charge in [0.1, 0.15) is 11.6 Å². The van der Waals surface area contributed by atoms with E-state index in [9.17, 15) is 13.6 Å². The Bertz CT molecular complexity index is 859. The van der Waals surface area contributed by atoms with E-state index in [2.05, 4.69) is 26.3 Å². The predicted octanol–water partition coefficient (Wildman–Crippen LogP) is 4.53. The monoisotopic (exact) mass is 418 g/mol. The van der Waals surface area contributed by atoms with Crippen LogP contribution < -0.4 is 5.32 Å². The molecule has 8 heteroatoms. The van der Waals surface area contributed by atoms with Crippen molar-refractivity contribution in [1.29, 1.82) is 0 Å². The molecular formula is C22H28F2N4O2. The van der Waals surface area contributed by atoms with E-state index in [4.69, 9.17) is 5.11 Å². The molecule has 1 aliphatic heterocycles. The van der Waals surface area contributed by atoms with Crippen LogP contribution in [0, 0.1) is 6.92 Å². The molecule has 0 aromatic carbocycles. The molecule has 1 unspecified atom stereocenters. The van der Waals surface area contributed by atoms with Crippen LogP contribution in [0.1, 0.15) is 67.1 Å². The van der Waals surface area contributed by atoms with Crippen molar-refractivity contribution in [1.82, 2.24) is 15.0 Å². The maximum Gasteiger partial charge on any atom is 0.303 e. The largest absolute Gasteiger partial charge is 0.481 e. The number of anilines is 1. The first-order valence-corrected chi connectivity index (χ1v) is 10.4. The number of aromatic nitrogens is 3. The maximum absolute atomic E-state index is 14.6. The number of halogens is 2. The highest BCUT2D eigenvalue weighted by molar-refractivity contribution is 5.68. The molecule has 0 radical (unpaired) electrons. The molecule has 1 aliphatic rings. The molecule has 3 rings (SSSR count). The van der Waals surface area contributed by atoms with E-state index in [0.717, 1.165) is 30.9 Å². The number of rotatable bonds is 10. The second-order valence-electron chi connectivity index (χ2n) is 7.97. The molecule has 0 saturated heterocycles. The van der Waals surface area contributed by atoms with Crippen molar-refractivity contribution >= 4 is 11.8 Å². The summed E-state index contributed by atoms with van der Waals surface area (Å²) in [7, 11) is 0. The Morgan fingerprint density at radius 1 is 1.27 bits per heavy atom. The summed E-state index contributed by atoms with van der Waals surface area (Å²) in [5.41, 5.74) is 2.56. The minimum Gasteiger partial charge on any atom is -0.481 e. The van der Waals surface area contributed by atoms with Crippen molar-refractivity contribution in [2.45, 2.75) is 70.1 Å². The third kappa shape index (κ3) is 6.43. The van der Waals surface area contributed by atoms with Crippen LogP contribution in [0.5, 0.6) is 0 Å². The van der Waals surface area contributed by atoms with Gasteiger partial charge in [0.2, 0.25) is 5.92 Å². The van der Waals surface area contributed by atoms with Crippen LogP contribution in [-0.4, -0.2) is 38.5 Å². The third-order valence-electron chi connectivity index (χ3n) is 5.42. The van der Waals surface area contributed by atoms with Gasteiger partial charge in [-0.25, -0.2) is 23.7 Å². The number of hydrogen-bond donors (Lipinski definition) is 2. The number of carboxylic acid groups (broad SMARTS) is 1. The summed E-state index contributed by atoms with van der Waals surface area (Å²) in [6.07, 6.45) is 5.45. The summed E-state index contributed by atoms with van der Waals surface area (Å²) in [4.78, 5) is 23.8. The molecule has 0 spiro atoms. The Labute approximate surface area is 175 Å². The molecule has 0 bridgehead atoms. The van der Waals surface area contributed by atoms with Gasteiger partial charge in [0.25, 0.3) is 0 Å². The fraction of sp³-hybridized carbons (Fsp3) is 0.545. The van der Waals surface area contributed by atoms with Crippen molar-refractivity contribution in [2.24, 2.45) is 0 Å². The minimum atomic E-state index is -2.95. The molecule has 0 amide bonds. The number of pyridine rings is 1. The van der Waals surface area contributed by atoms with E-state index in [1.165, 1.54) is 18.0 Å². The lowest BCUT2D eigenvalue weighted by atomic mass is 9.89. The molecule has 2 aromatic rings. The zero-order valence-corrected chi connectivity index (χ0v) is 17.2. The highest BCUT2D eigenvalue weighted by Gasteiger charge is 2.34. The van der Waals surface area contributed by atoms with E-state index >= 15 is 0 Å². The summed E-state index contributed by atoms with van der Waals surface area (Å²) in [5, 5.41) is 12.4. The number of nitrogens with zero attached hydrogens (tertiary/aromatic N) is 3. The average Bonchev–Trinajstić information content (AvgIpc) is 2.71. The first-order valence-electron chi connectivity index (χ1n) is 10.4. The normalized spacial score (nSPS) is 14.6. The molecule has 1 atom stereocenters. The number of carbonyl (C=O) groups is 1. The number of carboxylic acids is 1. The van der Waals surface area contributed by atoms with Crippen LogP contribution in [0.2, 0.25) is 0 Å². The molecule has 3 heterocycles. The van der Waals surface area contributed by atoms with Gasteiger partial charge in [0, 0.05) is 43.4 Å². The van der Waals surface area contributed by atoms with Crippen molar-refractivity contribution in [3.05, 3.63) is 47.2 Å². The highest BCUT2D eigenvalue weighted by atomic mass is 19.3. The molecule has 162 valence electrons. The van der Waals surface area contributed by atoms with Crippen molar-refractivity contribution in [2.75, 3.05) is 11.9 Å². The molecule has 2 aromatic heterocycles. The van der Waals surface area contributed by atoms with E-state index in [1.54, 1.807) is 6.92 Å². The number of aliphatic carboxylic acids is 1. The zero-order chi connectivity index (χ0) is 21.6. The second-order valence-corrected chi connectivity index (χ2v) is 7.97. The number of fused-ring (bicyclic) bond motifs is 1. The summed E-state index contributed by atoms with van der Waals surface area (Å²) >= 11 is 0. The summed E-state index contributed by atoms with van der Waals surface area (Å²) in [5.74, 6) is -3.43. The Balaban J connectivity index is 1.51. The second kappa shape index (κ2) is 9.91. The maximum atomic E-state index is 14.6. The average molecular weight is 418 g/mol. The summed E-state index contributed by atoms with van der Waals surface area (Å²) in [6, 6.07) is 4.04. The van der Waals surface area contributed by atoms with Gasteiger partial charge in [-0.2, -0.15) is 0 Å². The number of unbranched alkanes of at least 4 members (excludes halogenated alkanes) is 1. The minimum absolute atomic E-state index is 0.279. The Morgan fingerprint density at radius 3 is 2.77 bits per heavy atom. The third-order valence-corrected chi connectivity index (χ3v) is 5.42. The van der Waals surface area contributed by atoms with Gasteiger partial charge in [-0.1, -0.05) is 6.07 Å². The summed E-state index contributed by atoms with van der Waals surface area (Å²) < 4.78 is 29.2. The summed E-state index contributed by atoms with van der Waals surface area (Å²) in [6.45, 7) is 2.61.